The molecule has 0 aromatic carbocycles. The van der Waals surface area contributed by atoms with Crippen LogP contribution < -0.4 is 5.56 Å². The quantitative estimate of drug-likeness (QED) is 0.880. The van der Waals surface area contributed by atoms with Crippen molar-refractivity contribution in [3.63, 3.8) is 0 Å². The van der Waals surface area contributed by atoms with E-state index >= 15 is 0 Å². The van der Waals surface area contributed by atoms with Crippen molar-refractivity contribution >= 4 is 5.91 Å². The van der Waals surface area contributed by atoms with Crippen LogP contribution in [0.2, 0.25) is 0 Å². The van der Waals surface area contributed by atoms with Crippen LogP contribution in [0, 0.1) is 5.92 Å². The van der Waals surface area contributed by atoms with Gasteiger partial charge >= 0.3 is 0 Å². The number of carbonyl (C=O) groups is 1. The first-order chi connectivity index (χ1) is 13.7. The van der Waals surface area contributed by atoms with E-state index in [4.69, 9.17) is 0 Å². The van der Waals surface area contributed by atoms with Crippen LogP contribution in [-0.4, -0.2) is 38.8 Å². The average Bonchev–Trinajstić information content (AvgIpc) is 2.75. The minimum Gasteiger partial charge on any atom is -0.343 e. The smallest absolute Gasteiger partial charge is 0.251 e. The Morgan fingerprint density at radius 3 is 2.57 bits per heavy atom. The molecule has 1 aliphatic carbocycles. The summed E-state index contributed by atoms with van der Waals surface area (Å²) in [6.07, 6.45) is 10.3. The Morgan fingerprint density at radius 1 is 1.07 bits per heavy atom. The predicted octanol–water partition coefficient (Wildman–Crippen LogP) is 3.51. The van der Waals surface area contributed by atoms with Crippen molar-refractivity contribution in [3.8, 4) is 11.4 Å². The lowest BCUT2D eigenvalue weighted by Crippen LogP contribution is -2.39. The molecule has 148 valence electrons. The number of nitrogens with one attached hydrogen (secondary N) is 1. The van der Waals surface area contributed by atoms with Gasteiger partial charge in [0.2, 0.25) is 5.91 Å². The molecule has 2 aromatic rings. The van der Waals surface area contributed by atoms with E-state index in [-0.39, 0.29) is 11.5 Å². The second-order valence-electron chi connectivity index (χ2n) is 8.09. The SMILES string of the molecule is O=C(CC1CCCCC1)N1CCC(c2nc(-c3ccccn3)cc(=O)[nH]2)CC1. The van der Waals surface area contributed by atoms with Gasteiger partial charge in [-0.05, 0) is 43.7 Å². The Kier molecular flexibility index (Phi) is 5.84. The monoisotopic (exact) mass is 380 g/mol. The molecular weight excluding hydrogens is 352 g/mol. The topological polar surface area (TPSA) is 79.0 Å². The summed E-state index contributed by atoms with van der Waals surface area (Å²) in [7, 11) is 0. The van der Waals surface area contributed by atoms with Crippen LogP contribution in [0.5, 0.6) is 0 Å². The first-order valence-corrected chi connectivity index (χ1v) is 10.5. The fourth-order valence-electron chi connectivity index (χ4n) is 4.48. The van der Waals surface area contributed by atoms with Crippen molar-refractivity contribution < 1.29 is 4.79 Å². The molecule has 3 heterocycles. The summed E-state index contributed by atoms with van der Waals surface area (Å²) >= 11 is 0. The molecule has 0 spiro atoms. The van der Waals surface area contributed by atoms with Crippen molar-refractivity contribution in [3.05, 3.63) is 46.6 Å². The van der Waals surface area contributed by atoms with E-state index in [1.807, 2.05) is 23.1 Å². The third-order valence-corrected chi connectivity index (χ3v) is 6.11. The number of piperidine rings is 1. The van der Waals surface area contributed by atoms with Crippen molar-refractivity contribution in [2.75, 3.05) is 13.1 Å². The summed E-state index contributed by atoms with van der Waals surface area (Å²) in [5.74, 6) is 1.77. The van der Waals surface area contributed by atoms with E-state index in [1.165, 1.54) is 38.2 Å². The van der Waals surface area contributed by atoms with E-state index in [0.717, 1.165) is 25.9 Å². The molecule has 2 aromatic heterocycles. The number of aromatic nitrogens is 3. The molecule has 0 unspecified atom stereocenters. The number of pyridine rings is 1. The maximum Gasteiger partial charge on any atom is 0.251 e. The summed E-state index contributed by atoms with van der Waals surface area (Å²) in [4.78, 5) is 38.7. The number of carbonyl (C=O) groups excluding carboxylic acids is 1. The van der Waals surface area contributed by atoms with Gasteiger partial charge in [-0.2, -0.15) is 0 Å². The van der Waals surface area contributed by atoms with Gasteiger partial charge < -0.3 is 9.88 Å². The molecule has 0 atom stereocenters. The number of amides is 1. The minimum atomic E-state index is -0.151. The highest BCUT2D eigenvalue weighted by Gasteiger charge is 2.27. The van der Waals surface area contributed by atoms with Crippen molar-refractivity contribution in [1.29, 1.82) is 0 Å². The van der Waals surface area contributed by atoms with E-state index < -0.39 is 0 Å². The normalized spacial score (nSPS) is 18.9. The van der Waals surface area contributed by atoms with Crippen LogP contribution in [0.15, 0.2) is 35.3 Å². The molecule has 1 N–H and O–H groups in total. The van der Waals surface area contributed by atoms with Gasteiger partial charge in [-0.25, -0.2) is 4.98 Å². The lowest BCUT2D eigenvalue weighted by atomic mass is 9.86. The third kappa shape index (κ3) is 4.49. The number of aromatic amines is 1. The molecule has 4 rings (SSSR count). The number of nitrogens with zero attached hydrogens (tertiary/aromatic N) is 3. The van der Waals surface area contributed by atoms with Gasteiger partial charge in [0.05, 0.1) is 11.4 Å². The molecule has 6 nitrogen and oxygen atoms in total. The zero-order chi connectivity index (χ0) is 19.3. The van der Waals surface area contributed by atoms with Gasteiger partial charge in [0.25, 0.3) is 5.56 Å². The van der Waals surface area contributed by atoms with Crippen molar-refractivity contribution in [1.82, 2.24) is 19.9 Å². The molecular formula is C22H28N4O2. The molecule has 1 saturated heterocycles. The van der Waals surface area contributed by atoms with Crippen LogP contribution in [0.25, 0.3) is 11.4 Å². The highest BCUT2D eigenvalue weighted by molar-refractivity contribution is 5.76. The van der Waals surface area contributed by atoms with E-state index in [2.05, 4.69) is 15.0 Å². The number of likely N-dealkylation sites (tertiary alicyclic amines) is 1. The number of rotatable bonds is 4. The largest absolute Gasteiger partial charge is 0.343 e. The van der Waals surface area contributed by atoms with Crippen molar-refractivity contribution in [2.45, 2.75) is 57.3 Å². The second kappa shape index (κ2) is 8.67. The highest BCUT2D eigenvalue weighted by Crippen LogP contribution is 2.30. The van der Waals surface area contributed by atoms with Gasteiger partial charge in [-0.1, -0.05) is 25.3 Å². The Balaban J connectivity index is 1.39. The van der Waals surface area contributed by atoms with Crippen LogP contribution in [0.1, 0.15) is 63.1 Å². The summed E-state index contributed by atoms with van der Waals surface area (Å²) in [6.45, 7) is 1.49. The molecule has 1 aliphatic heterocycles. The maximum atomic E-state index is 12.6. The fourth-order valence-corrected chi connectivity index (χ4v) is 4.48. The minimum absolute atomic E-state index is 0.151. The van der Waals surface area contributed by atoms with Gasteiger partial charge in [0.1, 0.15) is 5.82 Å². The Hall–Kier alpha value is -2.50. The molecule has 2 aliphatic rings. The lowest BCUT2D eigenvalue weighted by Gasteiger charge is -2.33. The molecule has 0 bridgehead atoms. The number of hydrogen-bond acceptors (Lipinski definition) is 4. The van der Waals surface area contributed by atoms with Crippen LogP contribution in [0.3, 0.4) is 0 Å². The second-order valence-corrected chi connectivity index (χ2v) is 8.09. The molecule has 0 radical (unpaired) electrons. The van der Waals surface area contributed by atoms with E-state index in [1.54, 1.807) is 6.20 Å². The van der Waals surface area contributed by atoms with Gasteiger partial charge in [0, 0.05) is 37.7 Å². The zero-order valence-electron chi connectivity index (χ0n) is 16.3. The molecule has 6 heteroatoms. The summed E-state index contributed by atoms with van der Waals surface area (Å²) < 4.78 is 0. The zero-order valence-corrected chi connectivity index (χ0v) is 16.3. The highest BCUT2D eigenvalue weighted by atomic mass is 16.2. The molecule has 1 saturated carbocycles. The van der Waals surface area contributed by atoms with Gasteiger partial charge in [-0.3, -0.25) is 14.6 Å². The molecule has 28 heavy (non-hydrogen) atoms. The first-order valence-electron chi connectivity index (χ1n) is 10.5. The summed E-state index contributed by atoms with van der Waals surface area (Å²) in [5, 5.41) is 0. The first kappa shape index (κ1) is 18.8. The predicted molar refractivity (Wildman–Crippen MR) is 108 cm³/mol. The van der Waals surface area contributed by atoms with E-state index in [0.29, 0.717) is 35.5 Å². The molecule has 2 fully saturated rings. The lowest BCUT2D eigenvalue weighted by molar-refractivity contribution is -0.133. The Labute approximate surface area is 165 Å². The van der Waals surface area contributed by atoms with Crippen LogP contribution >= 0.6 is 0 Å². The maximum absolute atomic E-state index is 12.6. The summed E-state index contributed by atoms with van der Waals surface area (Å²) in [5.41, 5.74) is 1.16. The Morgan fingerprint density at radius 2 is 1.86 bits per heavy atom. The van der Waals surface area contributed by atoms with Crippen LogP contribution in [-0.2, 0) is 4.79 Å². The number of H-pyrrole nitrogens is 1. The van der Waals surface area contributed by atoms with Gasteiger partial charge in [0.15, 0.2) is 0 Å². The summed E-state index contributed by atoms with van der Waals surface area (Å²) in [6, 6.07) is 7.09. The Bertz CT molecular complexity index is 850. The standard InChI is InChI=1S/C22H28N4O2/c27-20-15-19(18-8-4-5-11-23-18)24-22(25-20)17-9-12-26(13-10-17)21(28)14-16-6-2-1-3-7-16/h4-5,8,11,15-17H,1-3,6-7,9-10,12-14H2,(H,24,25,27). The fraction of sp³-hybridized carbons (Fsp3) is 0.545. The van der Waals surface area contributed by atoms with Crippen molar-refractivity contribution in [2.24, 2.45) is 5.92 Å². The van der Waals surface area contributed by atoms with Gasteiger partial charge in [-0.15, -0.1) is 0 Å². The third-order valence-electron chi connectivity index (χ3n) is 6.11. The average molecular weight is 380 g/mol. The molecule has 1 amide bonds. The van der Waals surface area contributed by atoms with Crippen LogP contribution in [0.4, 0.5) is 0 Å². The number of hydrogen-bond donors (Lipinski definition) is 1. The van der Waals surface area contributed by atoms with E-state index in [9.17, 15) is 9.59 Å².